The Hall–Kier alpha value is -1.04. The maximum absolute atomic E-state index is 11.8. The molecule has 6 heteroatoms. The van der Waals surface area contributed by atoms with Gasteiger partial charge in [0.25, 0.3) is 0 Å². The van der Waals surface area contributed by atoms with Crippen LogP contribution in [0, 0.1) is 0 Å². The molecular weight excluding hydrogens is 215 g/mol. The molecule has 0 unspecified atom stereocenters. The topological polar surface area (TPSA) is 29.1 Å². The molecule has 1 N–H and O–H groups in total. The van der Waals surface area contributed by atoms with Crippen molar-refractivity contribution in [3.05, 3.63) is 22.4 Å². The first-order valence-corrected chi connectivity index (χ1v) is 4.70. The van der Waals surface area contributed by atoms with Crippen LogP contribution in [0.3, 0.4) is 0 Å². The van der Waals surface area contributed by atoms with E-state index in [1.807, 2.05) is 5.32 Å². The van der Waals surface area contributed by atoms with Gasteiger partial charge in [-0.25, -0.2) is 0 Å². The summed E-state index contributed by atoms with van der Waals surface area (Å²) in [4.78, 5) is 11.2. The van der Waals surface area contributed by atoms with Crippen LogP contribution in [0.5, 0.6) is 0 Å². The molecule has 0 bridgehead atoms. The summed E-state index contributed by atoms with van der Waals surface area (Å²) in [5.41, 5.74) is 0. The first-order valence-electron chi connectivity index (χ1n) is 3.82. The summed E-state index contributed by atoms with van der Waals surface area (Å²) >= 11 is 1.30. The summed E-state index contributed by atoms with van der Waals surface area (Å²) in [6.07, 6.45) is -4.81. The van der Waals surface area contributed by atoms with Crippen molar-refractivity contribution in [1.82, 2.24) is 5.32 Å². The number of nitrogens with one attached hydrogen (secondary N) is 1. The summed E-state index contributed by atoms with van der Waals surface area (Å²) < 4.78 is 35.5. The standard InChI is InChI=1S/C8H8F3NOS/c1-5(6-3-2-4-14-6)12-7(13)8(9,10)11/h2-5H,1H3,(H,12,13)/t5-/m1/s1. The van der Waals surface area contributed by atoms with E-state index < -0.39 is 18.1 Å². The highest BCUT2D eigenvalue weighted by Gasteiger charge is 2.39. The molecule has 0 radical (unpaired) electrons. The van der Waals surface area contributed by atoms with E-state index in [9.17, 15) is 18.0 Å². The normalized spacial score (nSPS) is 13.7. The second-order valence-corrected chi connectivity index (χ2v) is 3.69. The van der Waals surface area contributed by atoms with Gasteiger partial charge in [0.1, 0.15) is 0 Å². The van der Waals surface area contributed by atoms with Crippen LogP contribution < -0.4 is 5.32 Å². The maximum Gasteiger partial charge on any atom is 0.471 e. The molecule has 1 heterocycles. The van der Waals surface area contributed by atoms with Crippen LogP contribution in [-0.2, 0) is 4.79 Å². The first kappa shape index (κ1) is 11.0. The monoisotopic (exact) mass is 223 g/mol. The molecule has 1 atom stereocenters. The Labute approximate surface area is 82.7 Å². The molecule has 0 saturated carbocycles. The van der Waals surface area contributed by atoms with Crippen LogP contribution in [0.15, 0.2) is 17.5 Å². The number of rotatable bonds is 2. The molecule has 0 aromatic carbocycles. The van der Waals surface area contributed by atoms with Crippen molar-refractivity contribution in [2.45, 2.75) is 19.1 Å². The number of hydrogen-bond donors (Lipinski definition) is 1. The molecule has 1 amide bonds. The van der Waals surface area contributed by atoms with E-state index in [-0.39, 0.29) is 0 Å². The van der Waals surface area contributed by atoms with E-state index in [4.69, 9.17) is 0 Å². The average Bonchev–Trinajstić information content (AvgIpc) is 2.53. The van der Waals surface area contributed by atoms with E-state index >= 15 is 0 Å². The van der Waals surface area contributed by atoms with Crippen LogP contribution in [0.4, 0.5) is 13.2 Å². The average molecular weight is 223 g/mol. The first-order chi connectivity index (χ1) is 6.41. The number of carbonyl (C=O) groups excluding carboxylic acids is 1. The zero-order valence-electron chi connectivity index (χ0n) is 7.26. The lowest BCUT2D eigenvalue weighted by Crippen LogP contribution is -2.37. The number of alkyl halides is 3. The minimum absolute atomic E-state index is 0.607. The van der Waals surface area contributed by atoms with Crippen molar-refractivity contribution in [3.63, 3.8) is 0 Å². The van der Waals surface area contributed by atoms with Gasteiger partial charge in [0.15, 0.2) is 0 Å². The fourth-order valence-electron chi connectivity index (χ4n) is 0.887. The summed E-state index contributed by atoms with van der Waals surface area (Å²) in [6.45, 7) is 1.51. The summed E-state index contributed by atoms with van der Waals surface area (Å²) in [5.74, 6) is -1.90. The van der Waals surface area contributed by atoms with Crippen LogP contribution in [-0.4, -0.2) is 12.1 Å². The largest absolute Gasteiger partial charge is 0.471 e. The van der Waals surface area contributed by atoms with Crippen LogP contribution in [0.2, 0.25) is 0 Å². The van der Waals surface area contributed by atoms with Gasteiger partial charge in [-0.3, -0.25) is 4.79 Å². The second kappa shape index (κ2) is 4.00. The Morgan fingerprint density at radius 2 is 2.21 bits per heavy atom. The van der Waals surface area contributed by atoms with Crippen molar-refractivity contribution in [3.8, 4) is 0 Å². The molecule has 0 saturated heterocycles. The molecular formula is C8H8F3NOS. The van der Waals surface area contributed by atoms with Crippen molar-refractivity contribution < 1.29 is 18.0 Å². The Balaban J connectivity index is 2.58. The van der Waals surface area contributed by atoms with Gasteiger partial charge in [0.05, 0.1) is 6.04 Å². The molecule has 2 nitrogen and oxygen atoms in total. The molecule has 78 valence electrons. The number of carbonyl (C=O) groups is 1. The van der Waals surface area contributed by atoms with Gasteiger partial charge in [0.2, 0.25) is 0 Å². The lowest BCUT2D eigenvalue weighted by molar-refractivity contribution is -0.174. The molecule has 1 rings (SSSR count). The molecule has 1 aromatic heterocycles. The lowest BCUT2D eigenvalue weighted by Gasteiger charge is -2.13. The number of amides is 1. The van der Waals surface area contributed by atoms with E-state index in [0.717, 1.165) is 0 Å². The van der Waals surface area contributed by atoms with Crippen molar-refractivity contribution >= 4 is 17.2 Å². The summed E-state index contributed by atoms with van der Waals surface area (Å²) in [7, 11) is 0. The van der Waals surface area contributed by atoms with Gasteiger partial charge < -0.3 is 5.32 Å². The highest BCUT2D eigenvalue weighted by Crippen LogP contribution is 2.21. The predicted molar refractivity (Wildman–Crippen MR) is 46.9 cm³/mol. The van der Waals surface area contributed by atoms with Crippen LogP contribution in [0.1, 0.15) is 17.8 Å². The molecule has 0 spiro atoms. The quantitative estimate of drug-likeness (QED) is 0.820. The van der Waals surface area contributed by atoms with Crippen molar-refractivity contribution in [2.24, 2.45) is 0 Å². The molecule has 1 aromatic rings. The Morgan fingerprint density at radius 1 is 1.57 bits per heavy atom. The van der Waals surface area contributed by atoms with Gasteiger partial charge in [0, 0.05) is 4.88 Å². The lowest BCUT2D eigenvalue weighted by atomic mass is 10.3. The molecule has 0 fully saturated rings. The summed E-state index contributed by atoms with van der Waals surface area (Å²) in [6, 6.07) is 2.78. The minimum Gasteiger partial charge on any atom is -0.341 e. The highest BCUT2D eigenvalue weighted by molar-refractivity contribution is 7.10. The van der Waals surface area contributed by atoms with E-state index in [1.165, 1.54) is 18.3 Å². The molecule has 0 aliphatic carbocycles. The Bertz CT molecular complexity index is 307. The SMILES string of the molecule is C[C@@H](NC(=O)C(F)(F)F)c1cccs1. The van der Waals surface area contributed by atoms with Gasteiger partial charge in [-0.1, -0.05) is 6.07 Å². The number of thiophene rings is 1. The minimum atomic E-state index is -4.81. The smallest absolute Gasteiger partial charge is 0.341 e. The summed E-state index contributed by atoms with van der Waals surface area (Å²) in [5, 5.41) is 3.61. The van der Waals surface area contributed by atoms with Crippen molar-refractivity contribution in [2.75, 3.05) is 0 Å². The molecule has 14 heavy (non-hydrogen) atoms. The van der Waals surface area contributed by atoms with Crippen LogP contribution >= 0.6 is 11.3 Å². The number of halogens is 3. The molecule has 0 aliphatic heterocycles. The van der Waals surface area contributed by atoms with E-state index in [2.05, 4.69) is 0 Å². The Kier molecular flexibility index (Phi) is 3.15. The third-order valence-electron chi connectivity index (χ3n) is 1.58. The van der Waals surface area contributed by atoms with E-state index in [1.54, 1.807) is 17.5 Å². The van der Waals surface area contributed by atoms with Gasteiger partial charge >= 0.3 is 12.1 Å². The van der Waals surface area contributed by atoms with Crippen molar-refractivity contribution in [1.29, 1.82) is 0 Å². The molecule has 0 aliphatic rings. The fraction of sp³-hybridized carbons (Fsp3) is 0.375. The van der Waals surface area contributed by atoms with Gasteiger partial charge in [-0.05, 0) is 18.4 Å². The predicted octanol–water partition coefficient (Wildman–Crippen LogP) is 2.49. The second-order valence-electron chi connectivity index (χ2n) is 2.71. The zero-order valence-corrected chi connectivity index (χ0v) is 8.08. The maximum atomic E-state index is 11.8. The third-order valence-corrected chi connectivity index (χ3v) is 2.63. The highest BCUT2D eigenvalue weighted by atomic mass is 32.1. The van der Waals surface area contributed by atoms with Gasteiger partial charge in [-0.15, -0.1) is 11.3 Å². The third kappa shape index (κ3) is 2.73. The van der Waals surface area contributed by atoms with Gasteiger partial charge in [-0.2, -0.15) is 13.2 Å². The fourth-order valence-corrected chi connectivity index (χ4v) is 1.62. The van der Waals surface area contributed by atoms with E-state index in [0.29, 0.717) is 4.88 Å². The zero-order chi connectivity index (χ0) is 10.8. The van der Waals surface area contributed by atoms with Crippen LogP contribution in [0.25, 0.3) is 0 Å². The Morgan fingerprint density at radius 3 is 2.64 bits per heavy atom. The number of hydrogen-bond acceptors (Lipinski definition) is 2.